The third-order valence-corrected chi connectivity index (χ3v) is 9.25. The Labute approximate surface area is 289 Å². The minimum Gasteiger partial charge on any atom is -0.497 e. The van der Waals surface area contributed by atoms with Crippen LogP contribution in [0.2, 0.25) is 0 Å². The SMILES string of the molecule is CC1(C)OB(c2cccnc2Oc2ccc(C(=O)c3nc4ccccc4n3C3CCCCO3)cc2)OC1(C)C.COc1ccnc(Br)c1. The van der Waals surface area contributed by atoms with Gasteiger partial charge in [0.15, 0.2) is 5.82 Å². The minimum absolute atomic E-state index is 0.164. The van der Waals surface area contributed by atoms with E-state index in [1.807, 2.05) is 68.7 Å². The largest absolute Gasteiger partial charge is 0.500 e. The van der Waals surface area contributed by atoms with Crippen LogP contribution in [-0.2, 0) is 14.0 Å². The molecule has 0 aliphatic carbocycles. The Morgan fingerprint density at radius 3 is 2.33 bits per heavy atom. The summed E-state index contributed by atoms with van der Waals surface area (Å²) in [6, 6.07) is 22.1. The lowest BCUT2D eigenvalue weighted by Crippen LogP contribution is -2.41. The van der Waals surface area contributed by atoms with Crippen LogP contribution in [0.25, 0.3) is 11.0 Å². The summed E-state index contributed by atoms with van der Waals surface area (Å²) < 4.78 is 32.3. The van der Waals surface area contributed by atoms with Crippen LogP contribution in [0, 0.1) is 0 Å². The highest BCUT2D eigenvalue weighted by Crippen LogP contribution is 2.37. The number of pyridine rings is 2. The highest BCUT2D eigenvalue weighted by atomic mass is 79.9. The molecule has 0 radical (unpaired) electrons. The molecule has 2 fully saturated rings. The highest BCUT2D eigenvalue weighted by molar-refractivity contribution is 9.10. The van der Waals surface area contributed by atoms with Crippen molar-refractivity contribution in [1.82, 2.24) is 19.5 Å². The fraction of sp³-hybridized carbons (Fsp3) is 0.333. The third-order valence-electron chi connectivity index (χ3n) is 8.82. The van der Waals surface area contributed by atoms with Gasteiger partial charge in [-0.2, -0.15) is 0 Å². The van der Waals surface area contributed by atoms with Crippen molar-refractivity contribution >= 4 is 45.3 Å². The maximum atomic E-state index is 13.7. The molecule has 48 heavy (non-hydrogen) atoms. The zero-order chi connectivity index (χ0) is 33.9. The van der Waals surface area contributed by atoms with Crippen molar-refractivity contribution in [3.8, 4) is 17.4 Å². The van der Waals surface area contributed by atoms with Crippen molar-refractivity contribution in [2.24, 2.45) is 0 Å². The van der Waals surface area contributed by atoms with Gasteiger partial charge >= 0.3 is 7.12 Å². The Morgan fingerprint density at radius 1 is 0.917 bits per heavy atom. The van der Waals surface area contributed by atoms with Gasteiger partial charge in [-0.05, 0) is 111 Å². The Bertz CT molecular complexity index is 1880. The lowest BCUT2D eigenvalue weighted by Gasteiger charge is -2.32. The number of benzene rings is 2. The van der Waals surface area contributed by atoms with Gasteiger partial charge < -0.3 is 23.5 Å². The molecule has 3 aromatic heterocycles. The molecule has 1 unspecified atom stereocenters. The quantitative estimate of drug-likeness (QED) is 0.0976. The van der Waals surface area contributed by atoms with Gasteiger partial charge in [0.1, 0.15) is 22.3 Å². The van der Waals surface area contributed by atoms with E-state index in [1.165, 1.54) is 0 Å². The summed E-state index contributed by atoms with van der Waals surface area (Å²) in [4.78, 5) is 26.7. The number of hydrogen-bond acceptors (Lipinski definition) is 9. The maximum Gasteiger partial charge on any atom is 0.500 e. The number of nitrogens with zero attached hydrogens (tertiary/aromatic N) is 4. The number of aromatic nitrogens is 4. The average molecular weight is 713 g/mol. The summed E-state index contributed by atoms with van der Waals surface area (Å²) in [7, 11) is 1.02. The molecular formula is C36H38BBrN4O6. The molecule has 2 aliphatic heterocycles. The zero-order valence-electron chi connectivity index (χ0n) is 27.7. The molecule has 0 spiro atoms. The molecule has 0 amide bonds. The summed E-state index contributed by atoms with van der Waals surface area (Å²) in [5.74, 6) is 1.97. The highest BCUT2D eigenvalue weighted by Gasteiger charge is 2.52. The normalized spacial score (nSPS) is 18.2. The van der Waals surface area contributed by atoms with Crippen molar-refractivity contribution in [3.63, 3.8) is 0 Å². The molecule has 2 aliphatic rings. The standard InChI is InChI=1S/C30H32BN3O5.C6H6BrNO/c1-29(2)30(3,4)39-31(38-29)22-10-9-18-32-28(22)37-21-16-14-20(15-17-21)26(35)27-33-23-11-5-6-12-24(23)34(27)25-13-7-8-19-36-25;1-9-5-2-3-8-6(7)4-5/h5-6,9-12,14-18,25H,7-8,13,19H2,1-4H3;2-4H,1H3. The first-order valence-corrected chi connectivity index (χ1v) is 16.7. The summed E-state index contributed by atoms with van der Waals surface area (Å²) in [5.41, 5.74) is 1.94. The van der Waals surface area contributed by atoms with Gasteiger partial charge in [0.05, 0.1) is 29.3 Å². The molecule has 12 heteroatoms. The van der Waals surface area contributed by atoms with E-state index < -0.39 is 18.3 Å². The average Bonchev–Trinajstić information content (AvgIpc) is 3.58. The van der Waals surface area contributed by atoms with E-state index in [0.717, 1.165) is 40.6 Å². The van der Waals surface area contributed by atoms with E-state index in [4.69, 9.17) is 28.5 Å². The van der Waals surface area contributed by atoms with Gasteiger partial charge in [-0.25, -0.2) is 15.0 Å². The Hall–Kier alpha value is -4.10. The first-order chi connectivity index (χ1) is 23.1. The number of ether oxygens (including phenoxy) is 3. The monoisotopic (exact) mass is 712 g/mol. The molecule has 5 aromatic rings. The predicted molar refractivity (Wildman–Crippen MR) is 187 cm³/mol. The van der Waals surface area contributed by atoms with Gasteiger partial charge in [0.25, 0.3) is 0 Å². The van der Waals surface area contributed by atoms with E-state index >= 15 is 0 Å². The second-order valence-electron chi connectivity index (χ2n) is 12.6. The molecular weight excluding hydrogens is 675 g/mol. The van der Waals surface area contributed by atoms with Gasteiger partial charge in [0, 0.05) is 36.1 Å². The smallest absolute Gasteiger partial charge is 0.497 e. The second-order valence-corrected chi connectivity index (χ2v) is 13.4. The van der Waals surface area contributed by atoms with Crippen LogP contribution in [0.15, 0.2) is 89.8 Å². The summed E-state index contributed by atoms with van der Waals surface area (Å²) in [6.45, 7) is 8.71. The molecule has 0 N–H and O–H groups in total. The van der Waals surface area contributed by atoms with Crippen molar-refractivity contribution in [2.45, 2.75) is 64.4 Å². The molecule has 10 nitrogen and oxygen atoms in total. The Balaban J connectivity index is 0.000000388. The van der Waals surface area contributed by atoms with E-state index in [9.17, 15) is 4.79 Å². The molecule has 1 atom stereocenters. The maximum absolute atomic E-state index is 13.7. The van der Waals surface area contributed by atoms with Crippen molar-refractivity contribution < 1.29 is 28.3 Å². The van der Waals surface area contributed by atoms with Crippen LogP contribution in [0.3, 0.4) is 0 Å². The second kappa shape index (κ2) is 14.2. The number of carbonyl (C=O) groups excluding carboxylic acids is 1. The van der Waals surface area contributed by atoms with E-state index in [0.29, 0.717) is 35.1 Å². The third kappa shape index (κ3) is 7.17. The number of imidazole rings is 1. The van der Waals surface area contributed by atoms with E-state index in [2.05, 4.69) is 25.9 Å². The number of halogens is 1. The summed E-state index contributed by atoms with van der Waals surface area (Å²) in [5, 5.41) is 0. The molecule has 0 saturated carbocycles. The first-order valence-electron chi connectivity index (χ1n) is 15.9. The van der Waals surface area contributed by atoms with Crippen LogP contribution >= 0.6 is 15.9 Å². The number of hydrogen-bond donors (Lipinski definition) is 0. The summed E-state index contributed by atoms with van der Waals surface area (Å²) in [6.07, 6.45) is 6.08. The molecule has 248 valence electrons. The van der Waals surface area contributed by atoms with Gasteiger partial charge in [-0.3, -0.25) is 9.36 Å². The van der Waals surface area contributed by atoms with Crippen molar-refractivity contribution in [3.05, 3.63) is 101 Å². The van der Waals surface area contributed by atoms with Gasteiger partial charge in [-0.15, -0.1) is 0 Å². The van der Waals surface area contributed by atoms with Crippen molar-refractivity contribution in [1.29, 1.82) is 0 Å². The van der Waals surface area contributed by atoms with Crippen LogP contribution < -0.4 is 14.9 Å². The van der Waals surface area contributed by atoms with Crippen LogP contribution in [0.4, 0.5) is 0 Å². The fourth-order valence-corrected chi connectivity index (χ4v) is 5.83. The van der Waals surface area contributed by atoms with E-state index in [1.54, 1.807) is 55.9 Å². The number of rotatable bonds is 7. The van der Waals surface area contributed by atoms with Crippen LogP contribution in [0.5, 0.6) is 17.4 Å². The molecule has 7 rings (SSSR count). The van der Waals surface area contributed by atoms with Gasteiger partial charge in [0.2, 0.25) is 11.7 Å². The summed E-state index contributed by atoms with van der Waals surface area (Å²) >= 11 is 3.21. The number of ketones is 1. The number of methoxy groups -OCH3 is 1. The van der Waals surface area contributed by atoms with Crippen LogP contribution in [-0.4, -0.2) is 57.3 Å². The van der Waals surface area contributed by atoms with Crippen LogP contribution in [0.1, 0.15) is 69.4 Å². The lowest BCUT2D eigenvalue weighted by molar-refractivity contribution is -0.0304. The Morgan fingerprint density at radius 2 is 1.67 bits per heavy atom. The number of para-hydroxylation sites is 2. The number of fused-ring (bicyclic) bond motifs is 1. The topological polar surface area (TPSA) is 107 Å². The van der Waals surface area contributed by atoms with Gasteiger partial charge in [-0.1, -0.05) is 18.2 Å². The molecule has 0 bridgehead atoms. The number of carbonyl (C=O) groups is 1. The minimum atomic E-state index is -0.602. The van der Waals surface area contributed by atoms with Crippen molar-refractivity contribution in [2.75, 3.05) is 13.7 Å². The van der Waals surface area contributed by atoms with E-state index in [-0.39, 0.29) is 12.0 Å². The lowest BCUT2D eigenvalue weighted by atomic mass is 9.80. The zero-order valence-corrected chi connectivity index (χ0v) is 29.3. The molecule has 5 heterocycles. The fourth-order valence-electron chi connectivity index (χ4n) is 5.49. The molecule has 2 aromatic carbocycles. The first kappa shape index (κ1) is 33.8. The Kier molecular flexibility index (Phi) is 9.98. The molecule has 2 saturated heterocycles. The predicted octanol–water partition coefficient (Wildman–Crippen LogP) is 7.31.